The topological polar surface area (TPSA) is 3.24 Å². The van der Waals surface area contributed by atoms with E-state index in [0.717, 1.165) is 0 Å². The Labute approximate surface area is 63.7 Å². The van der Waals surface area contributed by atoms with Gasteiger partial charge in [0.15, 0.2) is 0 Å². The molecule has 0 aromatic carbocycles. The highest BCUT2D eigenvalue weighted by Crippen LogP contribution is 2.09. The molecule has 0 bridgehead atoms. The normalized spacial score (nSPS) is 21.5. The van der Waals surface area contributed by atoms with Crippen LogP contribution in [0.5, 0.6) is 0 Å². The zero-order chi connectivity index (χ0) is 7.23. The molecule has 0 amide bonds. The Morgan fingerprint density at radius 3 is 2.10 bits per heavy atom. The van der Waals surface area contributed by atoms with Crippen LogP contribution in [-0.2, 0) is 0 Å². The minimum absolute atomic E-state index is 1.27. The van der Waals surface area contributed by atoms with Gasteiger partial charge in [0.2, 0.25) is 0 Å². The number of hydrogen-bond donors (Lipinski definition) is 0. The van der Waals surface area contributed by atoms with Crippen molar-refractivity contribution >= 4 is 0 Å². The molecule has 0 atom stereocenters. The summed E-state index contributed by atoms with van der Waals surface area (Å²) >= 11 is 0. The molecule has 10 heavy (non-hydrogen) atoms. The third-order valence-electron chi connectivity index (χ3n) is 2.00. The van der Waals surface area contributed by atoms with Gasteiger partial charge in [-0.25, -0.2) is 0 Å². The van der Waals surface area contributed by atoms with Gasteiger partial charge in [0.25, 0.3) is 0 Å². The van der Waals surface area contributed by atoms with E-state index in [9.17, 15) is 0 Å². The van der Waals surface area contributed by atoms with Crippen molar-refractivity contribution in [2.24, 2.45) is 0 Å². The Hall–Kier alpha value is -0.460. The number of allylic oxidation sites excluding steroid dienone is 1. The van der Waals surface area contributed by atoms with Crippen LogP contribution in [0.25, 0.3) is 0 Å². The van der Waals surface area contributed by atoms with Gasteiger partial charge in [0.1, 0.15) is 0 Å². The van der Waals surface area contributed by atoms with Crippen molar-refractivity contribution in [2.45, 2.75) is 32.6 Å². The van der Waals surface area contributed by atoms with Crippen molar-refractivity contribution < 1.29 is 0 Å². The molecule has 1 aliphatic rings. The molecule has 0 radical (unpaired) electrons. The van der Waals surface area contributed by atoms with Gasteiger partial charge in [-0.2, -0.15) is 0 Å². The number of nitrogens with zero attached hydrogens (tertiary/aromatic N) is 1. The monoisotopic (exact) mass is 139 g/mol. The van der Waals surface area contributed by atoms with Gasteiger partial charge >= 0.3 is 0 Å². The second kappa shape index (κ2) is 4.37. The molecular weight excluding hydrogens is 122 g/mol. The van der Waals surface area contributed by atoms with Gasteiger partial charge in [0.05, 0.1) is 0 Å². The van der Waals surface area contributed by atoms with Gasteiger partial charge in [0, 0.05) is 13.1 Å². The summed E-state index contributed by atoms with van der Waals surface area (Å²) in [6.07, 6.45) is 9.95. The SMILES string of the molecule is CC=CN1CCCCCC1. The zero-order valence-electron chi connectivity index (χ0n) is 6.84. The quantitative estimate of drug-likeness (QED) is 0.539. The van der Waals surface area contributed by atoms with E-state index in [2.05, 4.69) is 24.1 Å². The highest BCUT2D eigenvalue weighted by atomic mass is 15.1. The molecule has 0 saturated carbocycles. The van der Waals surface area contributed by atoms with E-state index in [0.29, 0.717) is 0 Å². The first-order chi connectivity index (χ1) is 4.93. The van der Waals surface area contributed by atoms with E-state index < -0.39 is 0 Å². The van der Waals surface area contributed by atoms with E-state index >= 15 is 0 Å². The van der Waals surface area contributed by atoms with Crippen LogP contribution in [0.2, 0.25) is 0 Å². The maximum Gasteiger partial charge on any atom is 0.0172 e. The molecule has 0 unspecified atom stereocenters. The predicted molar refractivity (Wildman–Crippen MR) is 44.9 cm³/mol. The van der Waals surface area contributed by atoms with Crippen molar-refractivity contribution in [3.8, 4) is 0 Å². The molecular formula is C9H17N. The summed E-state index contributed by atoms with van der Waals surface area (Å²) in [6, 6.07) is 0. The largest absolute Gasteiger partial charge is 0.378 e. The Kier molecular flexibility index (Phi) is 3.34. The molecule has 0 aliphatic carbocycles. The summed E-state index contributed by atoms with van der Waals surface area (Å²) < 4.78 is 0. The van der Waals surface area contributed by atoms with Gasteiger partial charge in [-0.15, -0.1) is 0 Å². The number of likely N-dealkylation sites (tertiary alicyclic amines) is 1. The fourth-order valence-corrected chi connectivity index (χ4v) is 1.46. The molecule has 1 heterocycles. The Balaban J connectivity index is 2.28. The first-order valence-electron chi connectivity index (χ1n) is 4.30. The molecule has 1 saturated heterocycles. The van der Waals surface area contributed by atoms with E-state index in [-0.39, 0.29) is 0 Å². The highest BCUT2D eigenvalue weighted by Gasteiger charge is 2.02. The number of hydrogen-bond acceptors (Lipinski definition) is 1. The predicted octanol–water partition coefficient (Wildman–Crippen LogP) is 2.40. The lowest BCUT2D eigenvalue weighted by Crippen LogP contribution is -2.17. The summed E-state index contributed by atoms with van der Waals surface area (Å²) in [5.74, 6) is 0. The molecule has 0 aromatic heterocycles. The van der Waals surface area contributed by atoms with Crippen LogP contribution >= 0.6 is 0 Å². The Morgan fingerprint density at radius 2 is 1.60 bits per heavy atom. The lowest BCUT2D eigenvalue weighted by molar-refractivity contribution is 0.391. The molecule has 1 fully saturated rings. The van der Waals surface area contributed by atoms with Crippen LogP contribution in [-0.4, -0.2) is 18.0 Å². The minimum atomic E-state index is 1.27. The summed E-state index contributed by atoms with van der Waals surface area (Å²) in [4.78, 5) is 2.42. The van der Waals surface area contributed by atoms with E-state index in [1.165, 1.54) is 38.8 Å². The van der Waals surface area contributed by atoms with Gasteiger partial charge in [-0.05, 0) is 26.0 Å². The minimum Gasteiger partial charge on any atom is -0.378 e. The molecule has 58 valence electrons. The maximum atomic E-state index is 2.42. The number of rotatable bonds is 1. The van der Waals surface area contributed by atoms with Crippen molar-refractivity contribution in [2.75, 3.05) is 13.1 Å². The lowest BCUT2D eigenvalue weighted by Gasteiger charge is -2.16. The average Bonchev–Trinajstić information content (AvgIpc) is 2.17. The van der Waals surface area contributed by atoms with Crippen LogP contribution < -0.4 is 0 Å². The average molecular weight is 139 g/mol. The summed E-state index contributed by atoms with van der Waals surface area (Å²) in [7, 11) is 0. The van der Waals surface area contributed by atoms with E-state index in [1.54, 1.807) is 0 Å². The summed E-state index contributed by atoms with van der Waals surface area (Å²) in [5.41, 5.74) is 0. The van der Waals surface area contributed by atoms with Crippen LogP contribution in [0.1, 0.15) is 32.6 Å². The van der Waals surface area contributed by atoms with Crippen LogP contribution in [0.4, 0.5) is 0 Å². The standard InChI is InChI=1S/C9H17N/c1-2-7-10-8-5-3-4-6-9-10/h2,7H,3-6,8-9H2,1H3. The molecule has 1 nitrogen and oxygen atoms in total. The molecule has 0 spiro atoms. The first-order valence-corrected chi connectivity index (χ1v) is 4.30. The molecule has 1 rings (SSSR count). The second-order valence-electron chi connectivity index (χ2n) is 2.93. The van der Waals surface area contributed by atoms with Gasteiger partial charge in [-0.1, -0.05) is 18.9 Å². The fraction of sp³-hybridized carbons (Fsp3) is 0.778. The zero-order valence-corrected chi connectivity index (χ0v) is 6.84. The van der Waals surface area contributed by atoms with Gasteiger partial charge in [-0.3, -0.25) is 0 Å². The fourth-order valence-electron chi connectivity index (χ4n) is 1.46. The van der Waals surface area contributed by atoms with Gasteiger partial charge < -0.3 is 4.90 Å². The van der Waals surface area contributed by atoms with Crippen LogP contribution in [0.3, 0.4) is 0 Å². The van der Waals surface area contributed by atoms with E-state index in [4.69, 9.17) is 0 Å². The van der Waals surface area contributed by atoms with Crippen LogP contribution in [0.15, 0.2) is 12.3 Å². The Morgan fingerprint density at radius 1 is 1.00 bits per heavy atom. The van der Waals surface area contributed by atoms with Crippen molar-refractivity contribution in [1.29, 1.82) is 0 Å². The van der Waals surface area contributed by atoms with Crippen LogP contribution in [0, 0.1) is 0 Å². The summed E-state index contributed by atoms with van der Waals surface area (Å²) in [5, 5.41) is 0. The third kappa shape index (κ3) is 2.42. The van der Waals surface area contributed by atoms with Crippen molar-refractivity contribution in [3.63, 3.8) is 0 Å². The molecule has 0 aromatic rings. The molecule has 0 N–H and O–H groups in total. The second-order valence-corrected chi connectivity index (χ2v) is 2.93. The molecule has 1 aliphatic heterocycles. The highest BCUT2D eigenvalue weighted by molar-refractivity contribution is 4.79. The third-order valence-corrected chi connectivity index (χ3v) is 2.00. The summed E-state index contributed by atoms with van der Waals surface area (Å²) in [6.45, 7) is 4.62. The molecule has 1 heteroatoms. The first kappa shape index (κ1) is 7.64. The van der Waals surface area contributed by atoms with E-state index in [1.807, 2.05) is 0 Å². The van der Waals surface area contributed by atoms with Crippen molar-refractivity contribution in [1.82, 2.24) is 4.90 Å². The maximum absolute atomic E-state index is 2.42. The van der Waals surface area contributed by atoms with Crippen molar-refractivity contribution in [3.05, 3.63) is 12.3 Å². The lowest BCUT2D eigenvalue weighted by atomic mass is 10.2. The Bertz CT molecular complexity index is 99.3. The smallest absolute Gasteiger partial charge is 0.0172 e.